The number of anilines is 2. The molecule has 0 radical (unpaired) electrons. The lowest BCUT2D eigenvalue weighted by molar-refractivity contribution is -0.119. The van der Waals surface area contributed by atoms with Gasteiger partial charge >= 0.3 is 0 Å². The van der Waals surface area contributed by atoms with E-state index in [0.29, 0.717) is 18.7 Å². The van der Waals surface area contributed by atoms with E-state index in [-0.39, 0.29) is 29.0 Å². The van der Waals surface area contributed by atoms with E-state index in [4.69, 9.17) is 0 Å². The van der Waals surface area contributed by atoms with Gasteiger partial charge in [0.25, 0.3) is 0 Å². The fraction of sp³-hybridized carbons (Fsp3) is 0.417. The number of nitrogens with zero attached hydrogens (tertiary/aromatic N) is 1. The molecule has 2 amide bonds. The van der Waals surface area contributed by atoms with Crippen molar-refractivity contribution in [3.63, 3.8) is 0 Å². The minimum absolute atomic E-state index is 0.126. The van der Waals surface area contributed by atoms with Crippen molar-refractivity contribution in [2.45, 2.75) is 56.6 Å². The zero-order chi connectivity index (χ0) is 22.3. The summed E-state index contributed by atoms with van der Waals surface area (Å²) in [6.07, 6.45) is 2.41. The Bertz CT molecular complexity index is 1130. The fourth-order valence-corrected chi connectivity index (χ4v) is 5.60. The molecule has 0 saturated heterocycles. The number of fused-ring (bicyclic) bond motifs is 1. The summed E-state index contributed by atoms with van der Waals surface area (Å²) in [5, 5.41) is 1.95. The van der Waals surface area contributed by atoms with Gasteiger partial charge in [-0.2, -0.15) is 0 Å². The zero-order valence-electron chi connectivity index (χ0n) is 18.1. The Balaban J connectivity index is 1.46. The van der Waals surface area contributed by atoms with Crippen molar-refractivity contribution < 1.29 is 18.0 Å². The van der Waals surface area contributed by atoms with Crippen molar-refractivity contribution in [2.75, 3.05) is 16.8 Å². The Hall–Kier alpha value is -2.67. The molecule has 4 rings (SSSR count). The van der Waals surface area contributed by atoms with Crippen LogP contribution >= 0.6 is 0 Å². The largest absolute Gasteiger partial charge is 0.326 e. The number of carbonyl (C=O) groups excluding carboxylic acids is 2. The van der Waals surface area contributed by atoms with E-state index in [1.807, 2.05) is 32.0 Å². The molecule has 1 aliphatic heterocycles. The number of hydrogen-bond acceptors (Lipinski definition) is 4. The van der Waals surface area contributed by atoms with Gasteiger partial charge in [-0.25, -0.2) is 8.42 Å². The molecule has 7 heteroatoms. The van der Waals surface area contributed by atoms with Crippen LogP contribution in [-0.2, 0) is 25.8 Å². The summed E-state index contributed by atoms with van der Waals surface area (Å²) in [6, 6.07) is 10.7. The molecule has 1 saturated carbocycles. The lowest BCUT2D eigenvalue weighted by Crippen LogP contribution is -2.30. The monoisotopic (exact) mass is 440 g/mol. The number of benzene rings is 2. The van der Waals surface area contributed by atoms with Crippen molar-refractivity contribution >= 4 is 33.0 Å². The first-order valence-corrected chi connectivity index (χ1v) is 12.3. The molecular weight excluding hydrogens is 412 g/mol. The van der Waals surface area contributed by atoms with E-state index in [1.54, 1.807) is 30.0 Å². The first kappa shape index (κ1) is 21.6. The van der Waals surface area contributed by atoms with Crippen LogP contribution in [0.1, 0.15) is 42.9 Å². The molecule has 1 atom stereocenters. The Kier molecular flexibility index (Phi) is 5.64. The summed E-state index contributed by atoms with van der Waals surface area (Å²) >= 11 is 0. The molecule has 2 aromatic rings. The van der Waals surface area contributed by atoms with Crippen molar-refractivity contribution in [1.82, 2.24) is 0 Å². The molecule has 1 aliphatic carbocycles. The first-order chi connectivity index (χ1) is 14.6. The van der Waals surface area contributed by atoms with Crippen molar-refractivity contribution in [1.29, 1.82) is 0 Å². The number of carbonyl (C=O) groups is 2. The highest BCUT2D eigenvalue weighted by atomic mass is 32.2. The second-order valence-electron chi connectivity index (χ2n) is 8.79. The van der Waals surface area contributed by atoms with E-state index < -0.39 is 15.1 Å². The topological polar surface area (TPSA) is 83.6 Å². The van der Waals surface area contributed by atoms with Crippen LogP contribution in [0.2, 0.25) is 0 Å². The van der Waals surface area contributed by atoms with Gasteiger partial charge in [-0.15, -0.1) is 0 Å². The normalized spacial score (nSPS) is 16.7. The Morgan fingerprint density at radius 1 is 1.10 bits per heavy atom. The van der Waals surface area contributed by atoms with Crippen LogP contribution in [-0.4, -0.2) is 32.0 Å². The van der Waals surface area contributed by atoms with Crippen molar-refractivity contribution in [3.05, 3.63) is 53.1 Å². The minimum atomic E-state index is -3.67. The molecule has 164 valence electrons. The van der Waals surface area contributed by atoms with Gasteiger partial charge in [0, 0.05) is 30.3 Å². The summed E-state index contributed by atoms with van der Waals surface area (Å²) in [4.78, 5) is 26.9. The summed E-state index contributed by atoms with van der Waals surface area (Å²) in [5.41, 5.74) is 4.43. The average molecular weight is 441 g/mol. The predicted octanol–water partition coefficient (Wildman–Crippen LogP) is 3.79. The molecule has 2 aromatic carbocycles. The minimum Gasteiger partial charge on any atom is -0.326 e. The number of sulfone groups is 1. The van der Waals surface area contributed by atoms with E-state index in [9.17, 15) is 18.0 Å². The van der Waals surface area contributed by atoms with Crippen LogP contribution in [0.25, 0.3) is 0 Å². The molecule has 6 nitrogen and oxygen atoms in total. The lowest BCUT2D eigenvalue weighted by atomic mass is 10.1. The van der Waals surface area contributed by atoms with Crippen LogP contribution in [0.5, 0.6) is 0 Å². The number of aryl methyl sites for hydroxylation is 2. The average Bonchev–Trinajstić information content (AvgIpc) is 3.45. The van der Waals surface area contributed by atoms with Crippen LogP contribution < -0.4 is 10.2 Å². The van der Waals surface area contributed by atoms with Crippen molar-refractivity contribution in [3.8, 4) is 0 Å². The molecule has 1 fully saturated rings. The Morgan fingerprint density at radius 2 is 1.77 bits per heavy atom. The second kappa shape index (κ2) is 8.11. The van der Waals surface area contributed by atoms with Crippen LogP contribution in [0, 0.1) is 19.8 Å². The van der Waals surface area contributed by atoms with Crippen LogP contribution in [0.15, 0.2) is 41.3 Å². The SMILES string of the molecule is Cc1cc(C)cc(NC(=O)C[C@@H](C)S(=O)(=O)c2ccc3c(c2)CCN3C(=O)C2CC2)c1. The van der Waals surface area contributed by atoms with E-state index >= 15 is 0 Å². The van der Waals surface area contributed by atoms with Crippen LogP contribution in [0.3, 0.4) is 0 Å². The summed E-state index contributed by atoms with van der Waals surface area (Å²) < 4.78 is 26.2. The zero-order valence-corrected chi connectivity index (χ0v) is 19.0. The first-order valence-electron chi connectivity index (χ1n) is 10.7. The molecule has 1 N–H and O–H groups in total. The highest BCUT2D eigenvalue weighted by molar-refractivity contribution is 7.92. The summed E-state index contributed by atoms with van der Waals surface area (Å²) in [6.45, 7) is 6.06. The number of hydrogen-bond donors (Lipinski definition) is 1. The molecule has 0 bridgehead atoms. The molecule has 0 unspecified atom stereocenters. The van der Waals surface area contributed by atoms with Gasteiger partial charge < -0.3 is 10.2 Å². The summed E-state index contributed by atoms with van der Waals surface area (Å²) in [7, 11) is -3.67. The van der Waals surface area contributed by atoms with E-state index in [2.05, 4.69) is 5.32 Å². The third kappa shape index (κ3) is 4.51. The second-order valence-corrected chi connectivity index (χ2v) is 11.2. The maximum Gasteiger partial charge on any atom is 0.230 e. The van der Waals surface area contributed by atoms with Gasteiger partial charge in [-0.1, -0.05) is 6.07 Å². The number of rotatable bonds is 6. The lowest BCUT2D eigenvalue weighted by Gasteiger charge is -2.18. The third-order valence-electron chi connectivity index (χ3n) is 5.98. The molecular formula is C24H28N2O4S. The highest BCUT2D eigenvalue weighted by Crippen LogP contribution is 2.37. The van der Waals surface area contributed by atoms with Gasteiger partial charge in [-0.05, 0) is 87.1 Å². The Labute approximate surface area is 183 Å². The fourth-order valence-electron chi connectivity index (χ4n) is 4.20. The molecule has 0 spiro atoms. The quantitative estimate of drug-likeness (QED) is 0.741. The number of amides is 2. The smallest absolute Gasteiger partial charge is 0.230 e. The van der Waals surface area contributed by atoms with Gasteiger partial charge in [0.2, 0.25) is 11.8 Å². The van der Waals surface area contributed by atoms with Crippen LogP contribution in [0.4, 0.5) is 11.4 Å². The standard InChI is InChI=1S/C24H28N2O4S/c1-15-10-16(2)12-20(11-15)25-23(27)13-17(3)31(29,30)21-6-7-22-19(14-21)8-9-26(22)24(28)18-4-5-18/h6-7,10-12,14,17-18H,4-5,8-9,13H2,1-3H3,(H,25,27)/t17-/m1/s1. The van der Waals surface area contributed by atoms with Gasteiger partial charge in [0.15, 0.2) is 9.84 Å². The summed E-state index contributed by atoms with van der Waals surface area (Å²) in [5.74, 6) is -0.0562. The van der Waals surface area contributed by atoms with E-state index in [1.165, 1.54) is 0 Å². The third-order valence-corrected chi connectivity index (χ3v) is 8.11. The Morgan fingerprint density at radius 3 is 2.42 bits per heavy atom. The van der Waals surface area contributed by atoms with Gasteiger partial charge in [-0.3, -0.25) is 9.59 Å². The highest BCUT2D eigenvalue weighted by Gasteiger charge is 2.37. The maximum atomic E-state index is 13.1. The molecule has 1 heterocycles. The predicted molar refractivity (Wildman–Crippen MR) is 121 cm³/mol. The molecule has 31 heavy (non-hydrogen) atoms. The van der Waals surface area contributed by atoms with Gasteiger partial charge in [0.1, 0.15) is 0 Å². The molecule has 2 aliphatic rings. The molecule has 0 aromatic heterocycles. The maximum absolute atomic E-state index is 13.1. The number of nitrogens with one attached hydrogen (secondary N) is 1. The van der Waals surface area contributed by atoms with Gasteiger partial charge in [0.05, 0.1) is 10.1 Å². The van der Waals surface area contributed by atoms with E-state index in [0.717, 1.165) is 35.2 Å². The van der Waals surface area contributed by atoms with Crippen molar-refractivity contribution in [2.24, 2.45) is 5.92 Å².